The largest absolute Gasteiger partial charge is 0.463 e. The maximum atomic E-state index is 12.1. The van der Waals surface area contributed by atoms with Crippen LogP contribution in [0.15, 0.2) is 65.3 Å². The molecule has 2 aromatic carbocycles. The van der Waals surface area contributed by atoms with Gasteiger partial charge in [0.05, 0.1) is 12.7 Å². The van der Waals surface area contributed by atoms with Crippen molar-refractivity contribution < 1.29 is 47.4 Å². The zero-order chi connectivity index (χ0) is 33.5. The Bertz CT molecular complexity index is 1710. The molecular weight excluding hydrogens is 616 g/mol. The average molecular weight is 649 g/mol. The van der Waals surface area contributed by atoms with E-state index in [4.69, 9.17) is 28.2 Å². The highest BCUT2D eigenvalue weighted by molar-refractivity contribution is 5.69. The van der Waals surface area contributed by atoms with E-state index >= 15 is 0 Å². The smallest absolute Gasteiger partial charge is 0.303 e. The third kappa shape index (κ3) is 8.35. The Labute approximate surface area is 268 Å². The van der Waals surface area contributed by atoms with E-state index in [0.29, 0.717) is 17.4 Å². The van der Waals surface area contributed by atoms with E-state index < -0.39 is 54.5 Å². The first kappa shape index (κ1) is 32.7. The van der Waals surface area contributed by atoms with Crippen LogP contribution in [0.5, 0.6) is 0 Å². The molecule has 246 valence electrons. The van der Waals surface area contributed by atoms with Gasteiger partial charge >= 0.3 is 23.9 Å². The third-order valence-corrected chi connectivity index (χ3v) is 6.85. The fraction of sp³-hybridized carbons (Fsp3) is 0.355. The summed E-state index contributed by atoms with van der Waals surface area (Å²) in [7, 11) is 0. The van der Waals surface area contributed by atoms with Crippen molar-refractivity contribution in [3.8, 4) is 22.8 Å². The van der Waals surface area contributed by atoms with Gasteiger partial charge in [0.15, 0.2) is 24.5 Å². The number of carbonyl (C=O) groups excluding carboxylic acids is 4. The number of anilines is 1. The topological polar surface area (TPSA) is 196 Å². The average Bonchev–Trinajstić information content (AvgIpc) is 3.72. The Morgan fingerprint density at radius 3 is 2.13 bits per heavy atom. The van der Waals surface area contributed by atoms with Crippen molar-refractivity contribution in [1.29, 1.82) is 0 Å². The van der Waals surface area contributed by atoms with Gasteiger partial charge in [0.25, 0.3) is 5.89 Å². The van der Waals surface area contributed by atoms with E-state index in [9.17, 15) is 19.2 Å². The Kier molecular flexibility index (Phi) is 10.2. The fourth-order valence-corrected chi connectivity index (χ4v) is 4.91. The highest BCUT2D eigenvalue weighted by Gasteiger charge is 2.53. The summed E-state index contributed by atoms with van der Waals surface area (Å²) in [4.78, 5) is 52.2. The number of nitrogens with zero attached hydrogens (tertiary/aromatic N) is 5. The number of hydrogen-bond acceptors (Lipinski definition) is 15. The predicted octanol–water partition coefficient (Wildman–Crippen LogP) is 2.86. The number of ether oxygens (including phenoxy) is 5. The number of hydrogen-bond donors (Lipinski definition) is 1. The van der Waals surface area contributed by atoms with Crippen LogP contribution >= 0.6 is 0 Å². The minimum Gasteiger partial charge on any atom is -0.463 e. The number of aromatic nitrogens is 5. The molecule has 5 atom stereocenters. The summed E-state index contributed by atoms with van der Waals surface area (Å²) in [5.41, 5.74) is 2.82. The lowest BCUT2D eigenvalue weighted by atomic mass is 9.97. The molecule has 16 heteroatoms. The van der Waals surface area contributed by atoms with Gasteiger partial charge in [0.2, 0.25) is 5.82 Å². The first-order valence-electron chi connectivity index (χ1n) is 14.5. The monoisotopic (exact) mass is 648 g/mol. The van der Waals surface area contributed by atoms with Gasteiger partial charge in [0, 0.05) is 44.5 Å². The van der Waals surface area contributed by atoms with Crippen molar-refractivity contribution in [1.82, 2.24) is 25.1 Å². The number of rotatable bonds is 11. The summed E-state index contributed by atoms with van der Waals surface area (Å²) in [5, 5.41) is 15.6. The summed E-state index contributed by atoms with van der Waals surface area (Å²) < 4.78 is 34.4. The first-order chi connectivity index (χ1) is 22.6. The number of esters is 4. The van der Waals surface area contributed by atoms with Gasteiger partial charge in [-0.05, 0) is 24.3 Å². The molecule has 1 aliphatic rings. The molecule has 1 aliphatic heterocycles. The molecule has 1 saturated heterocycles. The maximum absolute atomic E-state index is 12.1. The predicted molar refractivity (Wildman–Crippen MR) is 160 cm³/mol. The quantitative estimate of drug-likeness (QED) is 0.184. The molecule has 1 fully saturated rings. The Hall–Kier alpha value is -5.64. The summed E-state index contributed by atoms with van der Waals surface area (Å²) in [6.45, 7) is 4.54. The second kappa shape index (κ2) is 14.6. The van der Waals surface area contributed by atoms with Crippen LogP contribution in [0.25, 0.3) is 22.8 Å². The second-order valence-corrected chi connectivity index (χ2v) is 10.5. The van der Waals surface area contributed by atoms with Crippen LogP contribution in [0.1, 0.15) is 39.6 Å². The zero-order valence-electron chi connectivity index (χ0n) is 25.9. The maximum Gasteiger partial charge on any atom is 0.303 e. The molecular formula is C31H32N6O10. The molecule has 0 saturated carbocycles. The molecule has 5 rings (SSSR count). The second-order valence-electron chi connectivity index (χ2n) is 10.5. The Morgan fingerprint density at radius 1 is 0.809 bits per heavy atom. The molecule has 47 heavy (non-hydrogen) atoms. The minimum absolute atomic E-state index is 0.239. The molecule has 0 spiro atoms. The summed E-state index contributed by atoms with van der Waals surface area (Å²) >= 11 is 0. The highest BCUT2D eigenvalue weighted by Crippen LogP contribution is 2.34. The van der Waals surface area contributed by atoms with Crippen molar-refractivity contribution in [2.24, 2.45) is 0 Å². The fourth-order valence-electron chi connectivity index (χ4n) is 4.91. The summed E-state index contributed by atoms with van der Waals surface area (Å²) in [6.07, 6.45) is -4.68. The van der Waals surface area contributed by atoms with Gasteiger partial charge in [-0.2, -0.15) is 4.98 Å². The molecule has 2 aromatic heterocycles. The van der Waals surface area contributed by atoms with Crippen LogP contribution < -0.4 is 5.32 Å². The van der Waals surface area contributed by atoms with Gasteiger partial charge in [-0.3, -0.25) is 19.2 Å². The Balaban J connectivity index is 1.31. The number of carbonyl (C=O) groups is 4. The highest BCUT2D eigenvalue weighted by atomic mass is 16.7. The van der Waals surface area contributed by atoms with E-state index in [1.807, 2.05) is 54.6 Å². The van der Waals surface area contributed by atoms with Gasteiger partial charge in [0.1, 0.15) is 18.4 Å². The molecule has 4 aromatic rings. The molecule has 16 nitrogen and oxygen atoms in total. The van der Waals surface area contributed by atoms with Crippen molar-refractivity contribution in [3.05, 3.63) is 66.5 Å². The van der Waals surface area contributed by atoms with Crippen LogP contribution in [0.2, 0.25) is 0 Å². The van der Waals surface area contributed by atoms with Gasteiger partial charge in [-0.25, -0.2) is 4.68 Å². The molecule has 3 heterocycles. The van der Waals surface area contributed by atoms with Crippen molar-refractivity contribution >= 4 is 29.6 Å². The van der Waals surface area contributed by atoms with Crippen LogP contribution in [0, 0.1) is 0 Å². The molecule has 0 aliphatic carbocycles. The lowest BCUT2D eigenvalue weighted by Crippen LogP contribution is -2.60. The third-order valence-electron chi connectivity index (χ3n) is 6.85. The molecule has 1 N–H and O–H groups in total. The number of nitrogens with one attached hydrogen (secondary N) is 1. The van der Waals surface area contributed by atoms with Crippen molar-refractivity contribution in [3.63, 3.8) is 0 Å². The summed E-state index contributed by atoms with van der Waals surface area (Å²) in [6, 6.07) is 16.8. The van der Waals surface area contributed by atoms with E-state index in [-0.39, 0.29) is 13.2 Å². The number of benzene rings is 2. The molecule has 0 bridgehead atoms. The standard InChI is InChI=1S/C31H32N6O10/c1-17(38)42-16-25-26(43-18(2)39)27(44-19(3)40)28(45-20(4)41)31(46-25)37-15-24(34-36-37)14-32-23-12-10-22(11-13-23)30-33-29(35-47-30)21-8-6-5-7-9-21/h5-13,15,25-28,31-32H,14,16H2,1-4H3/t25-,26-,27+,28-,31-/m1/s1. The molecule has 0 amide bonds. The summed E-state index contributed by atoms with van der Waals surface area (Å²) in [5.74, 6) is -1.93. The van der Waals surface area contributed by atoms with Crippen LogP contribution in [0.4, 0.5) is 5.69 Å². The van der Waals surface area contributed by atoms with E-state index in [2.05, 4.69) is 25.8 Å². The zero-order valence-corrected chi connectivity index (χ0v) is 25.9. The molecule has 0 radical (unpaired) electrons. The van der Waals surface area contributed by atoms with Crippen molar-refractivity contribution in [2.45, 2.75) is 64.9 Å². The van der Waals surface area contributed by atoms with Crippen LogP contribution in [-0.2, 0) is 49.4 Å². The van der Waals surface area contributed by atoms with Gasteiger partial charge in [-0.15, -0.1) is 5.10 Å². The first-order valence-corrected chi connectivity index (χ1v) is 14.5. The van der Waals surface area contributed by atoms with Gasteiger partial charge in [-0.1, -0.05) is 40.7 Å². The van der Waals surface area contributed by atoms with E-state index in [1.54, 1.807) is 6.20 Å². The SMILES string of the molecule is CC(=O)OC[C@H]1O[C@@H](n2cc(CNc3ccc(-c4nc(-c5ccccc5)no4)cc3)nn2)[C@H](OC(C)=O)[C@@H](OC(C)=O)[C@@H]1OC(C)=O. The lowest BCUT2D eigenvalue weighted by molar-refractivity contribution is -0.270. The Morgan fingerprint density at radius 2 is 1.47 bits per heavy atom. The van der Waals surface area contributed by atoms with Crippen molar-refractivity contribution in [2.75, 3.05) is 11.9 Å². The lowest BCUT2D eigenvalue weighted by Gasteiger charge is -2.44. The minimum atomic E-state index is -1.33. The normalized spacial score (nSPS) is 20.6. The van der Waals surface area contributed by atoms with Crippen LogP contribution in [-0.4, -0.2) is 80.0 Å². The van der Waals surface area contributed by atoms with Gasteiger partial charge < -0.3 is 33.5 Å². The molecule has 0 unspecified atom stereocenters. The van der Waals surface area contributed by atoms with Crippen LogP contribution in [0.3, 0.4) is 0 Å². The van der Waals surface area contributed by atoms with E-state index in [0.717, 1.165) is 37.6 Å². The van der Waals surface area contributed by atoms with E-state index in [1.165, 1.54) is 11.6 Å².